The first-order valence-corrected chi connectivity index (χ1v) is 9.68. The van der Waals surface area contributed by atoms with Crippen molar-refractivity contribution in [1.29, 1.82) is 0 Å². The standard InChI is InChI=1S/C17H16BrF3N2O2S/c18-14-7-11(10-26-14)9-25-16(24)12-3-2-6-23(8-12)15-13(17(19,20)21)4-1-5-22-15/h1,4-5,7,10,12H,2-3,6,8-9H2. The van der Waals surface area contributed by atoms with E-state index in [0.29, 0.717) is 19.4 Å². The third kappa shape index (κ3) is 4.56. The number of rotatable bonds is 4. The molecule has 1 saturated heterocycles. The normalized spacial score (nSPS) is 18.0. The van der Waals surface area contributed by atoms with Gasteiger partial charge in [0.2, 0.25) is 0 Å². The molecule has 0 bridgehead atoms. The smallest absolute Gasteiger partial charge is 0.419 e. The molecule has 0 N–H and O–H groups in total. The van der Waals surface area contributed by atoms with E-state index < -0.39 is 17.7 Å². The van der Waals surface area contributed by atoms with Crippen LogP contribution in [0.4, 0.5) is 19.0 Å². The zero-order chi connectivity index (χ0) is 18.7. The van der Waals surface area contributed by atoms with Crippen LogP contribution in [0.3, 0.4) is 0 Å². The van der Waals surface area contributed by atoms with Crippen molar-refractivity contribution in [1.82, 2.24) is 4.98 Å². The Kier molecular flexibility index (Phi) is 5.86. The minimum atomic E-state index is -4.48. The number of thiophene rings is 1. The lowest BCUT2D eigenvalue weighted by atomic mass is 9.97. The third-order valence-electron chi connectivity index (χ3n) is 4.15. The van der Waals surface area contributed by atoms with Crippen LogP contribution in [-0.2, 0) is 22.3 Å². The minimum absolute atomic E-state index is 0.126. The highest BCUT2D eigenvalue weighted by molar-refractivity contribution is 9.11. The van der Waals surface area contributed by atoms with Crippen molar-refractivity contribution in [2.24, 2.45) is 5.92 Å². The number of hydrogen-bond acceptors (Lipinski definition) is 5. The molecular formula is C17H16BrF3N2O2S. The van der Waals surface area contributed by atoms with E-state index in [4.69, 9.17) is 4.74 Å². The van der Waals surface area contributed by atoms with Gasteiger partial charge in [0.1, 0.15) is 12.4 Å². The van der Waals surface area contributed by atoms with Gasteiger partial charge in [-0.15, -0.1) is 11.3 Å². The Balaban J connectivity index is 1.67. The van der Waals surface area contributed by atoms with Crippen LogP contribution in [0.2, 0.25) is 0 Å². The summed E-state index contributed by atoms with van der Waals surface area (Å²) in [6.07, 6.45) is -1.95. The summed E-state index contributed by atoms with van der Waals surface area (Å²) in [4.78, 5) is 17.8. The fraction of sp³-hybridized carbons (Fsp3) is 0.412. The van der Waals surface area contributed by atoms with Crippen molar-refractivity contribution >= 4 is 39.1 Å². The van der Waals surface area contributed by atoms with Crippen molar-refractivity contribution in [3.8, 4) is 0 Å². The number of piperidine rings is 1. The number of carbonyl (C=O) groups excluding carboxylic acids is 1. The Morgan fingerprint density at radius 2 is 2.27 bits per heavy atom. The highest BCUT2D eigenvalue weighted by Crippen LogP contribution is 2.36. The van der Waals surface area contributed by atoms with E-state index in [2.05, 4.69) is 20.9 Å². The molecule has 0 aliphatic carbocycles. The second kappa shape index (κ2) is 7.96. The molecule has 9 heteroatoms. The molecule has 3 rings (SSSR count). The SMILES string of the molecule is O=C(OCc1csc(Br)c1)C1CCCN(c2ncccc2C(F)(F)F)C1. The average molecular weight is 449 g/mol. The Bertz CT molecular complexity index is 781. The topological polar surface area (TPSA) is 42.4 Å². The first kappa shape index (κ1) is 19.2. The number of aromatic nitrogens is 1. The van der Waals surface area contributed by atoms with Crippen LogP contribution in [0.1, 0.15) is 24.0 Å². The molecule has 0 aromatic carbocycles. The van der Waals surface area contributed by atoms with Gasteiger partial charge in [-0.2, -0.15) is 13.2 Å². The number of halogens is 4. The summed E-state index contributed by atoms with van der Waals surface area (Å²) >= 11 is 4.84. The summed E-state index contributed by atoms with van der Waals surface area (Å²) in [6.45, 7) is 0.766. The molecule has 26 heavy (non-hydrogen) atoms. The first-order valence-electron chi connectivity index (χ1n) is 8.01. The van der Waals surface area contributed by atoms with E-state index in [1.165, 1.54) is 28.5 Å². The van der Waals surface area contributed by atoms with Crippen molar-refractivity contribution in [2.75, 3.05) is 18.0 Å². The van der Waals surface area contributed by atoms with Gasteiger partial charge in [-0.3, -0.25) is 4.79 Å². The largest absolute Gasteiger partial charge is 0.461 e. The molecule has 1 aliphatic rings. The van der Waals surface area contributed by atoms with Gasteiger partial charge in [-0.25, -0.2) is 4.98 Å². The van der Waals surface area contributed by atoms with Crippen molar-refractivity contribution in [3.05, 3.63) is 44.7 Å². The van der Waals surface area contributed by atoms with Crippen LogP contribution >= 0.6 is 27.3 Å². The van der Waals surface area contributed by atoms with Crippen LogP contribution in [0.25, 0.3) is 0 Å². The summed E-state index contributed by atoms with van der Waals surface area (Å²) in [5, 5.41) is 1.88. The summed E-state index contributed by atoms with van der Waals surface area (Å²) in [6, 6.07) is 4.15. The quantitative estimate of drug-likeness (QED) is 0.624. The van der Waals surface area contributed by atoms with Gasteiger partial charge >= 0.3 is 12.1 Å². The summed E-state index contributed by atoms with van der Waals surface area (Å²) in [7, 11) is 0. The van der Waals surface area contributed by atoms with Crippen molar-refractivity contribution in [3.63, 3.8) is 0 Å². The van der Waals surface area contributed by atoms with Crippen LogP contribution in [0.5, 0.6) is 0 Å². The number of carbonyl (C=O) groups is 1. The van der Waals surface area contributed by atoms with E-state index in [1.54, 1.807) is 0 Å². The maximum Gasteiger partial charge on any atom is 0.419 e. The van der Waals surface area contributed by atoms with Crippen LogP contribution in [0.15, 0.2) is 33.6 Å². The lowest BCUT2D eigenvalue weighted by molar-refractivity contribution is -0.150. The Hall–Kier alpha value is -1.61. The number of alkyl halides is 3. The summed E-state index contributed by atoms with van der Waals surface area (Å²) in [5.74, 6) is -0.977. The fourth-order valence-electron chi connectivity index (χ4n) is 2.93. The third-order valence-corrected chi connectivity index (χ3v) is 5.70. The zero-order valence-electron chi connectivity index (χ0n) is 13.6. The number of hydrogen-bond donors (Lipinski definition) is 0. The van der Waals surface area contributed by atoms with Crippen molar-refractivity contribution < 1.29 is 22.7 Å². The molecule has 1 aliphatic heterocycles. The number of nitrogens with zero attached hydrogens (tertiary/aromatic N) is 2. The van der Waals surface area contributed by atoms with Gasteiger partial charge < -0.3 is 9.64 Å². The molecule has 0 amide bonds. The van der Waals surface area contributed by atoms with E-state index in [0.717, 1.165) is 15.4 Å². The van der Waals surface area contributed by atoms with Gasteiger partial charge in [0, 0.05) is 24.8 Å². The van der Waals surface area contributed by atoms with Gasteiger partial charge in [0.15, 0.2) is 0 Å². The van der Waals surface area contributed by atoms with E-state index in [-0.39, 0.29) is 24.9 Å². The molecule has 140 valence electrons. The monoisotopic (exact) mass is 448 g/mol. The Morgan fingerprint density at radius 1 is 1.46 bits per heavy atom. The highest BCUT2D eigenvalue weighted by atomic mass is 79.9. The van der Waals surface area contributed by atoms with Gasteiger partial charge in [-0.1, -0.05) is 0 Å². The van der Waals surface area contributed by atoms with Crippen LogP contribution in [-0.4, -0.2) is 24.0 Å². The maximum absolute atomic E-state index is 13.2. The van der Waals surface area contributed by atoms with E-state index in [9.17, 15) is 18.0 Å². The molecule has 3 heterocycles. The Labute approximate surface area is 161 Å². The minimum Gasteiger partial charge on any atom is -0.461 e. The molecule has 2 aromatic heterocycles. The van der Waals surface area contributed by atoms with Gasteiger partial charge in [0.25, 0.3) is 0 Å². The number of ether oxygens (including phenoxy) is 1. The van der Waals surface area contributed by atoms with Crippen LogP contribution in [0, 0.1) is 5.92 Å². The fourth-order valence-corrected chi connectivity index (χ4v) is 4.12. The molecule has 0 spiro atoms. The predicted molar refractivity (Wildman–Crippen MR) is 96.0 cm³/mol. The molecular weight excluding hydrogens is 433 g/mol. The second-order valence-electron chi connectivity index (χ2n) is 6.02. The number of pyridine rings is 1. The second-order valence-corrected chi connectivity index (χ2v) is 8.31. The first-order chi connectivity index (χ1) is 12.3. The van der Waals surface area contributed by atoms with E-state index >= 15 is 0 Å². The number of esters is 1. The molecule has 0 radical (unpaired) electrons. The highest BCUT2D eigenvalue weighted by Gasteiger charge is 2.37. The molecule has 0 saturated carbocycles. The zero-order valence-corrected chi connectivity index (χ0v) is 16.0. The molecule has 4 nitrogen and oxygen atoms in total. The summed E-state index contributed by atoms with van der Waals surface area (Å²) < 4.78 is 45.9. The lowest BCUT2D eigenvalue weighted by Crippen LogP contribution is -2.40. The Morgan fingerprint density at radius 3 is 2.96 bits per heavy atom. The van der Waals surface area contributed by atoms with Gasteiger partial charge in [0.05, 0.1) is 15.3 Å². The van der Waals surface area contributed by atoms with Gasteiger partial charge in [-0.05, 0) is 52.4 Å². The molecule has 1 unspecified atom stereocenters. The molecule has 1 atom stereocenters. The van der Waals surface area contributed by atoms with E-state index in [1.807, 2.05) is 11.4 Å². The molecule has 2 aromatic rings. The predicted octanol–water partition coefficient (Wildman–Crippen LogP) is 4.88. The summed E-state index contributed by atoms with van der Waals surface area (Å²) in [5.41, 5.74) is 0.101. The average Bonchev–Trinajstić information content (AvgIpc) is 3.04. The van der Waals surface area contributed by atoms with Crippen molar-refractivity contribution in [2.45, 2.75) is 25.6 Å². The maximum atomic E-state index is 13.2. The lowest BCUT2D eigenvalue weighted by Gasteiger charge is -2.33. The molecule has 1 fully saturated rings. The number of anilines is 1. The van der Waals surface area contributed by atoms with Crippen LogP contribution < -0.4 is 4.90 Å².